The number of aromatic nitrogens is 1. The molecular formula is C15H15FN2S. The summed E-state index contributed by atoms with van der Waals surface area (Å²) in [5, 5.41) is 3.43. The molecule has 0 amide bonds. The van der Waals surface area contributed by atoms with Gasteiger partial charge in [0.2, 0.25) is 0 Å². The summed E-state index contributed by atoms with van der Waals surface area (Å²) in [6.07, 6.45) is 5.93. The molecule has 0 aliphatic heterocycles. The van der Waals surface area contributed by atoms with Crippen molar-refractivity contribution in [1.29, 1.82) is 0 Å². The van der Waals surface area contributed by atoms with E-state index in [4.69, 9.17) is 0 Å². The Morgan fingerprint density at radius 2 is 2.00 bits per heavy atom. The van der Waals surface area contributed by atoms with E-state index in [1.54, 1.807) is 18.5 Å². The van der Waals surface area contributed by atoms with Crippen LogP contribution < -0.4 is 5.32 Å². The third-order valence-corrected chi connectivity index (χ3v) is 4.25. The van der Waals surface area contributed by atoms with E-state index < -0.39 is 0 Å². The van der Waals surface area contributed by atoms with Gasteiger partial charge >= 0.3 is 0 Å². The quantitative estimate of drug-likeness (QED) is 0.901. The van der Waals surface area contributed by atoms with Crippen molar-refractivity contribution in [3.8, 4) is 0 Å². The van der Waals surface area contributed by atoms with Crippen LogP contribution in [0.3, 0.4) is 0 Å². The summed E-state index contributed by atoms with van der Waals surface area (Å²) in [7, 11) is 0. The second kappa shape index (κ2) is 5.72. The molecule has 1 aliphatic rings. The van der Waals surface area contributed by atoms with Gasteiger partial charge in [-0.15, -0.1) is 0 Å². The van der Waals surface area contributed by atoms with Crippen LogP contribution in [0.1, 0.15) is 18.4 Å². The van der Waals surface area contributed by atoms with Crippen molar-refractivity contribution in [2.45, 2.75) is 35.2 Å². The van der Waals surface area contributed by atoms with Crippen LogP contribution in [0.2, 0.25) is 0 Å². The van der Waals surface area contributed by atoms with Gasteiger partial charge in [-0.2, -0.15) is 0 Å². The Bertz CT molecular complexity index is 555. The van der Waals surface area contributed by atoms with Crippen LogP contribution in [0.15, 0.2) is 52.5 Å². The Labute approximate surface area is 116 Å². The zero-order valence-corrected chi connectivity index (χ0v) is 11.3. The number of hydrogen-bond acceptors (Lipinski definition) is 3. The lowest BCUT2D eigenvalue weighted by Gasteiger charge is -2.11. The maximum absolute atomic E-state index is 14.0. The Kier molecular flexibility index (Phi) is 3.80. The third-order valence-electron chi connectivity index (χ3n) is 3.08. The highest BCUT2D eigenvalue weighted by Gasteiger charge is 2.21. The number of hydrogen-bond donors (Lipinski definition) is 1. The van der Waals surface area contributed by atoms with Gasteiger partial charge in [-0.05, 0) is 36.6 Å². The summed E-state index contributed by atoms with van der Waals surface area (Å²) >= 11 is 1.46. The van der Waals surface area contributed by atoms with E-state index in [-0.39, 0.29) is 5.82 Å². The molecule has 2 nitrogen and oxygen atoms in total. The second-order valence-corrected chi connectivity index (χ2v) is 5.75. The Morgan fingerprint density at radius 3 is 2.74 bits per heavy atom. The first-order valence-corrected chi connectivity index (χ1v) is 7.23. The standard InChI is InChI=1S/C15H15FN2S/c16-14-3-1-2-11(10-18-12-4-5-12)15(14)19-13-6-8-17-9-7-13/h1-3,6-9,12,18H,4-5,10H2. The zero-order chi connectivity index (χ0) is 13.1. The molecule has 3 rings (SSSR count). The summed E-state index contributed by atoms with van der Waals surface area (Å²) in [5.41, 5.74) is 1.02. The summed E-state index contributed by atoms with van der Waals surface area (Å²) in [6, 6.07) is 9.70. The molecular weight excluding hydrogens is 259 g/mol. The predicted molar refractivity (Wildman–Crippen MR) is 74.6 cm³/mol. The molecule has 98 valence electrons. The monoisotopic (exact) mass is 274 g/mol. The molecule has 1 fully saturated rings. The highest BCUT2D eigenvalue weighted by Crippen LogP contribution is 2.32. The molecule has 4 heteroatoms. The van der Waals surface area contributed by atoms with Crippen molar-refractivity contribution in [2.75, 3.05) is 0 Å². The lowest BCUT2D eigenvalue weighted by atomic mass is 10.2. The molecule has 2 aromatic rings. The van der Waals surface area contributed by atoms with Gasteiger partial charge < -0.3 is 5.32 Å². The van der Waals surface area contributed by atoms with Crippen molar-refractivity contribution in [3.05, 3.63) is 54.1 Å². The molecule has 1 N–H and O–H groups in total. The fourth-order valence-electron chi connectivity index (χ4n) is 1.87. The highest BCUT2D eigenvalue weighted by molar-refractivity contribution is 7.99. The third kappa shape index (κ3) is 3.33. The van der Waals surface area contributed by atoms with Gasteiger partial charge in [0.1, 0.15) is 5.82 Å². The summed E-state index contributed by atoms with van der Waals surface area (Å²) < 4.78 is 14.0. The highest BCUT2D eigenvalue weighted by atomic mass is 32.2. The van der Waals surface area contributed by atoms with E-state index in [0.29, 0.717) is 10.9 Å². The molecule has 0 spiro atoms. The van der Waals surface area contributed by atoms with Crippen molar-refractivity contribution < 1.29 is 4.39 Å². The molecule has 0 unspecified atom stereocenters. The smallest absolute Gasteiger partial charge is 0.137 e. The van der Waals surface area contributed by atoms with Gasteiger partial charge in [-0.1, -0.05) is 23.9 Å². The molecule has 1 heterocycles. The van der Waals surface area contributed by atoms with E-state index in [1.807, 2.05) is 18.2 Å². The summed E-state index contributed by atoms with van der Waals surface area (Å²) in [4.78, 5) is 5.70. The van der Waals surface area contributed by atoms with E-state index in [0.717, 1.165) is 17.0 Å². The first kappa shape index (κ1) is 12.6. The molecule has 0 bridgehead atoms. The topological polar surface area (TPSA) is 24.9 Å². The van der Waals surface area contributed by atoms with Crippen LogP contribution in [0, 0.1) is 5.82 Å². The first-order valence-electron chi connectivity index (χ1n) is 6.41. The van der Waals surface area contributed by atoms with Crippen LogP contribution in [0.5, 0.6) is 0 Å². The summed E-state index contributed by atoms with van der Waals surface area (Å²) in [5.74, 6) is -0.156. The van der Waals surface area contributed by atoms with Crippen LogP contribution in [-0.2, 0) is 6.54 Å². The van der Waals surface area contributed by atoms with Gasteiger partial charge in [-0.25, -0.2) is 4.39 Å². The fourth-order valence-corrected chi connectivity index (χ4v) is 2.80. The maximum atomic E-state index is 14.0. The Balaban J connectivity index is 1.81. The number of nitrogens with zero attached hydrogens (tertiary/aromatic N) is 1. The van der Waals surface area contributed by atoms with Gasteiger partial charge in [0, 0.05) is 29.9 Å². The van der Waals surface area contributed by atoms with Crippen LogP contribution >= 0.6 is 11.8 Å². The minimum Gasteiger partial charge on any atom is -0.310 e. The molecule has 0 saturated heterocycles. The minimum atomic E-state index is -0.156. The Morgan fingerprint density at radius 1 is 1.21 bits per heavy atom. The van der Waals surface area contributed by atoms with Gasteiger partial charge in [0.15, 0.2) is 0 Å². The largest absolute Gasteiger partial charge is 0.310 e. The van der Waals surface area contributed by atoms with Crippen molar-refractivity contribution in [2.24, 2.45) is 0 Å². The SMILES string of the molecule is Fc1cccc(CNC2CC2)c1Sc1ccncc1. The molecule has 1 aromatic heterocycles. The number of nitrogens with one attached hydrogen (secondary N) is 1. The van der Waals surface area contributed by atoms with Crippen molar-refractivity contribution in [3.63, 3.8) is 0 Å². The lowest BCUT2D eigenvalue weighted by Crippen LogP contribution is -2.16. The number of benzene rings is 1. The van der Waals surface area contributed by atoms with Crippen LogP contribution in [0.25, 0.3) is 0 Å². The number of rotatable bonds is 5. The van der Waals surface area contributed by atoms with Gasteiger partial charge in [0.25, 0.3) is 0 Å². The number of halogens is 1. The van der Waals surface area contributed by atoms with Crippen LogP contribution in [-0.4, -0.2) is 11.0 Å². The average molecular weight is 274 g/mol. The first-order chi connectivity index (χ1) is 9.33. The lowest BCUT2D eigenvalue weighted by molar-refractivity contribution is 0.589. The van der Waals surface area contributed by atoms with Crippen molar-refractivity contribution in [1.82, 2.24) is 10.3 Å². The second-order valence-electron chi connectivity index (χ2n) is 4.67. The molecule has 0 radical (unpaired) electrons. The minimum absolute atomic E-state index is 0.156. The van der Waals surface area contributed by atoms with E-state index in [9.17, 15) is 4.39 Å². The van der Waals surface area contributed by atoms with Crippen LogP contribution in [0.4, 0.5) is 4.39 Å². The maximum Gasteiger partial charge on any atom is 0.137 e. The summed E-state index contributed by atoms with van der Waals surface area (Å²) in [6.45, 7) is 0.732. The van der Waals surface area contributed by atoms with Crippen molar-refractivity contribution >= 4 is 11.8 Å². The normalized spacial score (nSPS) is 14.6. The van der Waals surface area contributed by atoms with E-state index in [1.165, 1.54) is 30.7 Å². The molecule has 1 saturated carbocycles. The van der Waals surface area contributed by atoms with Gasteiger partial charge in [-0.3, -0.25) is 4.98 Å². The fraction of sp³-hybridized carbons (Fsp3) is 0.267. The van der Waals surface area contributed by atoms with Gasteiger partial charge in [0.05, 0.1) is 4.90 Å². The molecule has 19 heavy (non-hydrogen) atoms. The number of pyridine rings is 1. The van der Waals surface area contributed by atoms with E-state index >= 15 is 0 Å². The Hall–Kier alpha value is -1.39. The molecule has 0 atom stereocenters. The zero-order valence-electron chi connectivity index (χ0n) is 10.5. The van der Waals surface area contributed by atoms with E-state index in [2.05, 4.69) is 10.3 Å². The average Bonchev–Trinajstić information content (AvgIpc) is 3.25. The molecule has 1 aliphatic carbocycles. The molecule has 1 aromatic carbocycles. The predicted octanol–water partition coefficient (Wildman–Crippen LogP) is 3.62.